The van der Waals surface area contributed by atoms with E-state index in [1.165, 1.54) is 0 Å². The molecule has 0 amide bonds. The fourth-order valence-corrected chi connectivity index (χ4v) is 2.68. The molecule has 0 aliphatic heterocycles. The lowest BCUT2D eigenvalue weighted by Crippen LogP contribution is -2.12. The van der Waals surface area contributed by atoms with Crippen LogP contribution in [0.4, 0.5) is 5.82 Å². The van der Waals surface area contributed by atoms with Crippen LogP contribution >= 0.6 is 0 Å². The summed E-state index contributed by atoms with van der Waals surface area (Å²) < 4.78 is 5.41. The largest absolute Gasteiger partial charge is 0.481 e. The average Bonchev–Trinajstić information content (AvgIpc) is 2.66. The van der Waals surface area contributed by atoms with E-state index in [0.717, 1.165) is 34.0 Å². The number of methoxy groups -OCH3 is 1. The van der Waals surface area contributed by atoms with Gasteiger partial charge in [-0.3, -0.25) is 4.98 Å². The van der Waals surface area contributed by atoms with Gasteiger partial charge in [-0.2, -0.15) is 0 Å². The summed E-state index contributed by atoms with van der Waals surface area (Å²) in [6, 6.07) is 9.99. The molecule has 0 radical (unpaired) electrons. The van der Waals surface area contributed by atoms with Crippen LogP contribution in [0.5, 0.6) is 5.88 Å². The molecule has 26 heavy (non-hydrogen) atoms. The standard InChI is InChI=1S/C20H23N5O/c1-13(17-8-6-15(3)25-20(17)26-4)10-22-19-9-18(23-12-24-19)16-7-5-14(2)21-11-16/h5-9,11-13H,10H2,1-4H3,(H,22,23,24). The maximum Gasteiger partial charge on any atom is 0.216 e. The van der Waals surface area contributed by atoms with Gasteiger partial charge in [0.05, 0.1) is 12.8 Å². The van der Waals surface area contributed by atoms with E-state index in [-0.39, 0.29) is 5.92 Å². The molecule has 1 unspecified atom stereocenters. The molecule has 0 aliphatic rings. The lowest BCUT2D eigenvalue weighted by molar-refractivity contribution is 0.389. The molecule has 1 atom stereocenters. The van der Waals surface area contributed by atoms with Crippen molar-refractivity contribution in [1.82, 2.24) is 19.9 Å². The lowest BCUT2D eigenvalue weighted by atomic mass is 10.0. The molecule has 3 aromatic rings. The predicted molar refractivity (Wildman–Crippen MR) is 102 cm³/mol. The maximum absolute atomic E-state index is 5.41. The van der Waals surface area contributed by atoms with Gasteiger partial charge < -0.3 is 10.1 Å². The van der Waals surface area contributed by atoms with Crippen LogP contribution in [-0.2, 0) is 0 Å². The van der Waals surface area contributed by atoms with Crippen molar-refractivity contribution in [1.29, 1.82) is 0 Å². The van der Waals surface area contributed by atoms with E-state index in [9.17, 15) is 0 Å². The van der Waals surface area contributed by atoms with Crippen molar-refractivity contribution in [2.24, 2.45) is 0 Å². The zero-order chi connectivity index (χ0) is 18.5. The summed E-state index contributed by atoms with van der Waals surface area (Å²) in [5.74, 6) is 1.67. The summed E-state index contributed by atoms with van der Waals surface area (Å²) in [7, 11) is 1.65. The fourth-order valence-electron chi connectivity index (χ4n) is 2.68. The van der Waals surface area contributed by atoms with Gasteiger partial charge in [-0.25, -0.2) is 15.0 Å². The van der Waals surface area contributed by atoms with Crippen LogP contribution in [0.1, 0.15) is 29.8 Å². The molecule has 3 heterocycles. The molecule has 0 aromatic carbocycles. The highest BCUT2D eigenvalue weighted by Crippen LogP contribution is 2.25. The van der Waals surface area contributed by atoms with Crippen LogP contribution in [0.15, 0.2) is 42.9 Å². The molecule has 3 rings (SSSR count). The van der Waals surface area contributed by atoms with Crippen LogP contribution in [-0.4, -0.2) is 33.6 Å². The van der Waals surface area contributed by atoms with Crippen molar-refractivity contribution in [2.45, 2.75) is 26.7 Å². The Morgan fingerprint density at radius 2 is 1.85 bits per heavy atom. The number of aryl methyl sites for hydroxylation is 2. The van der Waals surface area contributed by atoms with Crippen LogP contribution in [0.2, 0.25) is 0 Å². The Morgan fingerprint density at radius 3 is 2.58 bits per heavy atom. The predicted octanol–water partition coefficient (Wildman–Crippen LogP) is 3.77. The van der Waals surface area contributed by atoms with Gasteiger partial charge in [-0.05, 0) is 32.0 Å². The highest BCUT2D eigenvalue weighted by atomic mass is 16.5. The molecule has 134 valence electrons. The number of ether oxygens (including phenoxy) is 1. The quantitative estimate of drug-likeness (QED) is 0.730. The summed E-state index contributed by atoms with van der Waals surface area (Å²) >= 11 is 0. The van der Waals surface area contributed by atoms with E-state index in [2.05, 4.69) is 38.2 Å². The zero-order valence-corrected chi connectivity index (χ0v) is 15.5. The fraction of sp³-hybridized carbons (Fsp3) is 0.300. The van der Waals surface area contributed by atoms with E-state index in [0.29, 0.717) is 12.4 Å². The number of anilines is 1. The SMILES string of the molecule is COc1nc(C)ccc1C(C)CNc1cc(-c2ccc(C)nc2)ncn1. The highest BCUT2D eigenvalue weighted by molar-refractivity contribution is 5.61. The average molecular weight is 349 g/mol. The number of aromatic nitrogens is 4. The minimum absolute atomic E-state index is 0.220. The van der Waals surface area contributed by atoms with Gasteiger partial charge in [0.2, 0.25) is 5.88 Å². The molecule has 0 spiro atoms. The number of hydrogen-bond acceptors (Lipinski definition) is 6. The Kier molecular flexibility index (Phi) is 5.41. The third-order valence-electron chi connectivity index (χ3n) is 4.22. The van der Waals surface area contributed by atoms with Crippen LogP contribution < -0.4 is 10.1 Å². The zero-order valence-electron chi connectivity index (χ0n) is 15.5. The minimum atomic E-state index is 0.220. The monoisotopic (exact) mass is 349 g/mol. The number of pyridine rings is 2. The maximum atomic E-state index is 5.41. The summed E-state index contributed by atoms with van der Waals surface area (Å²) in [5, 5.41) is 3.38. The first kappa shape index (κ1) is 17.8. The Labute approximate surface area is 153 Å². The lowest BCUT2D eigenvalue weighted by Gasteiger charge is -2.16. The van der Waals surface area contributed by atoms with Crippen LogP contribution in [0.3, 0.4) is 0 Å². The first-order valence-corrected chi connectivity index (χ1v) is 8.57. The molecule has 0 saturated carbocycles. The smallest absolute Gasteiger partial charge is 0.216 e. The number of hydrogen-bond donors (Lipinski definition) is 1. The van der Waals surface area contributed by atoms with Crippen molar-refractivity contribution in [3.8, 4) is 17.1 Å². The number of nitrogens with one attached hydrogen (secondary N) is 1. The highest BCUT2D eigenvalue weighted by Gasteiger charge is 2.13. The first-order valence-electron chi connectivity index (χ1n) is 8.57. The van der Waals surface area contributed by atoms with Crippen molar-refractivity contribution in [3.05, 3.63) is 59.8 Å². The van der Waals surface area contributed by atoms with Gasteiger partial charge in [0.15, 0.2) is 0 Å². The molecule has 0 aliphatic carbocycles. The van der Waals surface area contributed by atoms with Gasteiger partial charge in [0.1, 0.15) is 12.1 Å². The molecule has 0 fully saturated rings. The van der Waals surface area contributed by atoms with Gasteiger partial charge in [0, 0.05) is 47.2 Å². The Hall–Kier alpha value is -3.02. The normalized spacial score (nSPS) is 11.8. The van der Waals surface area contributed by atoms with E-state index >= 15 is 0 Å². The summed E-state index contributed by atoms with van der Waals surface area (Å²) in [4.78, 5) is 17.4. The third kappa shape index (κ3) is 4.14. The van der Waals surface area contributed by atoms with Gasteiger partial charge in [-0.1, -0.05) is 13.0 Å². The Balaban J connectivity index is 1.72. The van der Waals surface area contributed by atoms with Crippen molar-refractivity contribution >= 4 is 5.82 Å². The van der Waals surface area contributed by atoms with E-state index < -0.39 is 0 Å². The van der Waals surface area contributed by atoms with Crippen molar-refractivity contribution < 1.29 is 4.74 Å². The second-order valence-corrected chi connectivity index (χ2v) is 6.31. The van der Waals surface area contributed by atoms with E-state index in [1.54, 1.807) is 13.4 Å². The molecule has 6 heteroatoms. The van der Waals surface area contributed by atoms with Gasteiger partial charge in [0.25, 0.3) is 0 Å². The van der Waals surface area contributed by atoms with Crippen molar-refractivity contribution in [2.75, 3.05) is 19.0 Å². The topological polar surface area (TPSA) is 72.8 Å². The summed E-state index contributed by atoms with van der Waals surface area (Å²) in [6.07, 6.45) is 3.39. The number of nitrogens with zero attached hydrogens (tertiary/aromatic N) is 4. The van der Waals surface area contributed by atoms with Gasteiger partial charge in [-0.15, -0.1) is 0 Å². The van der Waals surface area contributed by atoms with Gasteiger partial charge >= 0.3 is 0 Å². The minimum Gasteiger partial charge on any atom is -0.481 e. The first-order chi connectivity index (χ1) is 12.6. The number of rotatable bonds is 6. The molecular weight excluding hydrogens is 326 g/mol. The summed E-state index contributed by atoms with van der Waals surface area (Å²) in [6.45, 7) is 6.77. The molecule has 3 aromatic heterocycles. The van der Waals surface area contributed by atoms with Crippen LogP contribution in [0, 0.1) is 13.8 Å². The molecule has 6 nitrogen and oxygen atoms in total. The molecule has 0 bridgehead atoms. The Morgan fingerprint density at radius 1 is 1.04 bits per heavy atom. The summed E-state index contributed by atoms with van der Waals surface area (Å²) in [5.41, 5.74) is 4.81. The van der Waals surface area contributed by atoms with Crippen LogP contribution in [0.25, 0.3) is 11.3 Å². The third-order valence-corrected chi connectivity index (χ3v) is 4.22. The molecule has 0 saturated heterocycles. The van der Waals surface area contributed by atoms with Crippen molar-refractivity contribution in [3.63, 3.8) is 0 Å². The Bertz CT molecular complexity index is 880. The van der Waals surface area contributed by atoms with E-state index in [1.807, 2.05) is 44.3 Å². The second kappa shape index (κ2) is 7.91. The van der Waals surface area contributed by atoms with E-state index in [4.69, 9.17) is 4.74 Å². The molecular formula is C20H23N5O. The second-order valence-electron chi connectivity index (χ2n) is 6.31. The molecule has 1 N–H and O–H groups in total.